The van der Waals surface area contributed by atoms with Crippen molar-refractivity contribution >= 4 is 11.6 Å². The maximum Gasteiger partial charge on any atom is 0.127 e. The SMILES string of the molecule is CCNC(Cc1c(F)cccc1Cl)C1CN2CCN1CC2. The first-order valence-electron chi connectivity index (χ1n) is 7.81. The number of benzene rings is 1. The minimum atomic E-state index is -0.193. The standard InChI is InChI=1S/C16H23ClFN3/c1-2-19-15(10-12-13(17)4-3-5-14(12)18)16-11-20-6-8-21(16)9-7-20/h3-5,15-16,19H,2,6-11H2,1H3. The van der Waals surface area contributed by atoms with Crippen LogP contribution in [0.2, 0.25) is 5.02 Å². The molecule has 0 radical (unpaired) electrons. The van der Waals surface area contributed by atoms with Gasteiger partial charge in [-0.15, -0.1) is 0 Å². The third kappa shape index (κ3) is 3.24. The van der Waals surface area contributed by atoms with E-state index in [1.165, 1.54) is 6.07 Å². The van der Waals surface area contributed by atoms with Crippen molar-refractivity contribution in [1.82, 2.24) is 15.1 Å². The average molecular weight is 312 g/mol. The van der Waals surface area contributed by atoms with Crippen molar-refractivity contribution < 1.29 is 4.39 Å². The lowest BCUT2D eigenvalue weighted by molar-refractivity contribution is -0.00298. The normalized spacial score (nSPS) is 29.6. The summed E-state index contributed by atoms with van der Waals surface area (Å²) in [6, 6.07) is 5.64. The number of likely N-dealkylation sites (N-methyl/N-ethyl adjacent to an activating group) is 1. The summed E-state index contributed by atoms with van der Waals surface area (Å²) in [6.45, 7) is 8.64. The van der Waals surface area contributed by atoms with Gasteiger partial charge in [0, 0.05) is 55.4 Å². The van der Waals surface area contributed by atoms with Crippen molar-refractivity contribution in [2.24, 2.45) is 0 Å². The molecule has 3 saturated heterocycles. The Balaban J connectivity index is 1.78. The van der Waals surface area contributed by atoms with E-state index in [4.69, 9.17) is 11.6 Å². The third-order valence-electron chi connectivity index (χ3n) is 4.74. The summed E-state index contributed by atoms with van der Waals surface area (Å²) in [7, 11) is 0. The molecule has 3 aliphatic heterocycles. The van der Waals surface area contributed by atoms with Gasteiger partial charge in [0.2, 0.25) is 0 Å². The van der Waals surface area contributed by atoms with Crippen molar-refractivity contribution in [3.63, 3.8) is 0 Å². The number of hydrogen-bond donors (Lipinski definition) is 1. The molecule has 5 heteroatoms. The lowest BCUT2D eigenvalue weighted by atomic mass is 9.94. The van der Waals surface area contributed by atoms with Crippen LogP contribution in [0.5, 0.6) is 0 Å². The van der Waals surface area contributed by atoms with Gasteiger partial charge in [-0.3, -0.25) is 9.80 Å². The highest BCUT2D eigenvalue weighted by atomic mass is 35.5. The smallest absolute Gasteiger partial charge is 0.127 e. The Kier molecular flexibility index (Phi) is 4.79. The number of nitrogens with zero attached hydrogens (tertiary/aromatic N) is 2. The molecule has 21 heavy (non-hydrogen) atoms. The van der Waals surface area contributed by atoms with Gasteiger partial charge in [0.1, 0.15) is 5.82 Å². The topological polar surface area (TPSA) is 18.5 Å². The van der Waals surface area contributed by atoms with Gasteiger partial charge in [-0.25, -0.2) is 4.39 Å². The van der Waals surface area contributed by atoms with Crippen LogP contribution in [0.4, 0.5) is 4.39 Å². The van der Waals surface area contributed by atoms with Crippen molar-refractivity contribution in [2.75, 3.05) is 39.3 Å². The minimum Gasteiger partial charge on any atom is -0.312 e. The Labute approximate surface area is 131 Å². The second kappa shape index (κ2) is 6.61. The first-order chi connectivity index (χ1) is 10.2. The van der Waals surface area contributed by atoms with Gasteiger partial charge in [-0.2, -0.15) is 0 Å². The molecule has 0 aliphatic carbocycles. The molecule has 2 bridgehead atoms. The summed E-state index contributed by atoms with van der Waals surface area (Å²) in [5, 5.41) is 4.08. The lowest BCUT2D eigenvalue weighted by Gasteiger charge is -2.50. The maximum atomic E-state index is 14.1. The van der Waals surface area contributed by atoms with Crippen LogP contribution >= 0.6 is 11.6 Å². The van der Waals surface area contributed by atoms with Gasteiger partial charge in [0.15, 0.2) is 0 Å². The molecular weight excluding hydrogens is 289 g/mol. The van der Waals surface area contributed by atoms with Gasteiger partial charge in [0.25, 0.3) is 0 Å². The number of rotatable bonds is 5. The second-order valence-corrected chi connectivity index (χ2v) is 6.38. The van der Waals surface area contributed by atoms with Gasteiger partial charge in [-0.05, 0) is 25.1 Å². The highest BCUT2D eigenvalue weighted by Crippen LogP contribution is 2.25. The molecule has 0 amide bonds. The summed E-state index contributed by atoms with van der Waals surface area (Å²) in [6.07, 6.45) is 0.647. The van der Waals surface area contributed by atoms with Crippen LogP contribution < -0.4 is 5.32 Å². The maximum absolute atomic E-state index is 14.1. The number of hydrogen-bond acceptors (Lipinski definition) is 3. The van der Waals surface area contributed by atoms with Crippen LogP contribution in [0, 0.1) is 5.82 Å². The summed E-state index contributed by atoms with van der Waals surface area (Å²) in [5.41, 5.74) is 0.641. The van der Waals surface area contributed by atoms with E-state index in [0.29, 0.717) is 23.0 Å². The molecule has 0 aromatic heterocycles. The second-order valence-electron chi connectivity index (χ2n) is 5.97. The number of nitrogens with one attached hydrogen (secondary N) is 1. The van der Waals surface area contributed by atoms with Gasteiger partial charge < -0.3 is 5.32 Å². The zero-order chi connectivity index (χ0) is 14.8. The van der Waals surface area contributed by atoms with Crippen molar-refractivity contribution in [2.45, 2.75) is 25.4 Å². The molecule has 2 unspecified atom stereocenters. The summed E-state index contributed by atoms with van der Waals surface area (Å²) < 4.78 is 14.1. The molecule has 1 aromatic carbocycles. The number of halogens is 2. The predicted octanol–water partition coefficient (Wildman–Crippen LogP) is 2.00. The molecule has 3 heterocycles. The van der Waals surface area contributed by atoms with Crippen molar-refractivity contribution in [3.05, 3.63) is 34.6 Å². The zero-order valence-corrected chi connectivity index (χ0v) is 13.2. The summed E-state index contributed by atoms with van der Waals surface area (Å²) >= 11 is 6.20. The molecule has 1 N–H and O–H groups in total. The van der Waals surface area contributed by atoms with E-state index < -0.39 is 0 Å². The zero-order valence-electron chi connectivity index (χ0n) is 12.5. The van der Waals surface area contributed by atoms with Crippen LogP contribution in [0.3, 0.4) is 0 Å². The summed E-state index contributed by atoms with van der Waals surface area (Å²) in [5.74, 6) is -0.193. The van der Waals surface area contributed by atoms with E-state index in [1.54, 1.807) is 12.1 Å². The van der Waals surface area contributed by atoms with Crippen molar-refractivity contribution in [1.29, 1.82) is 0 Å². The Hall–Kier alpha value is -0.680. The fraction of sp³-hybridized carbons (Fsp3) is 0.625. The molecule has 4 rings (SSSR count). The molecule has 3 nitrogen and oxygen atoms in total. The predicted molar refractivity (Wildman–Crippen MR) is 84.4 cm³/mol. The number of piperazine rings is 3. The Morgan fingerprint density at radius 3 is 2.67 bits per heavy atom. The molecule has 3 fully saturated rings. The Morgan fingerprint density at radius 1 is 1.33 bits per heavy atom. The molecule has 116 valence electrons. The Bertz CT molecular complexity index is 468. The van der Waals surface area contributed by atoms with Crippen LogP contribution in [-0.4, -0.2) is 61.2 Å². The monoisotopic (exact) mass is 311 g/mol. The molecule has 1 aromatic rings. The fourth-order valence-corrected chi connectivity index (χ4v) is 3.83. The lowest BCUT2D eigenvalue weighted by Crippen LogP contribution is -2.66. The van der Waals surface area contributed by atoms with Crippen LogP contribution in [0.1, 0.15) is 12.5 Å². The van der Waals surface area contributed by atoms with Crippen LogP contribution in [0.15, 0.2) is 18.2 Å². The van der Waals surface area contributed by atoms with Crippen molar-refractivity contribution in [3.8, 4) is 0 Å². The molecule has 3 aliphatic rings. The van der Waals surface area contributed by atoms with Gasteiger partial charge in [-0.1, -0.05) is 24.6 Å². The first-order valence-corrected chi connectivity index (χ1v) is 8.19. The largest absolute Gasteiger partial charge is 0.312 e. The molecule has 0 spiro atoms. The Morgan fingerprint density at radius 2 is 2.10 bits per heavy atom. The van der Waals surface area contributed by atoms with Crippen LogP contribution in [0.25, 0.3) is 0 Å². The van der Waals surface area contributed by atoms with Crippen LogP contribution in [-0.2, 0) is 6.42 Å². The number of fused-ring (bicyclic) bond motifs is 3. The molecule has 0 saturated carbocycles. The van der Waals surface area contributed by atoms with E-state index in [9.17, 15) is 4.39 Å². The van der Waals surface area contributed by atoms with E-state index in [2.05, 4.69) is 22.0 Å². The average Bonchev–Trinajstić information content (AvgIpc) is 2.51. The van der Waals surface area contributed by atoms with E-state index in [0.717, 1.165) is 39.3 Å². The van der Waals surface area contributed by atoms with E-state index in [1.807, 2.05) is 0 Å². The molecular formula is C16H23ClFN3. The van der Waals surface area contributed by atoms with Gasteiger partial charge >= 0.3 is 0 Å². The highest BCUT2D eigenvalue weighted by Gasteiger charge is 2.36. The first kappa shape index (κ1) is 15.2. The fourth-order valence-electron chi connectivity index (χ4n) is 3.59. The summed E-state index contributed by atoms with van der Waals surface area (Å²) in [4.78, 5) is 5.06. The quantitative estimate of drug-likeness (QED) is 0.897. The van der Waals surface area contributed by atoms with E-state index >= 15 is 0 Å². The van der Waals surface area contributed by atoms with E-state index in [-0.39, 0.29) is 11.9 Å². The third-order valence-corrected chi connectivity index (χ3v) is 5.09. The molecule has 2 atom stereocenters. The van der Waals surface area contributed by atoms with Gasteiger partial charge in [0.05, 0.1) is 0 Å². The highest BCUT2D eigenvalue weighted by molar-refractivity contribution is 6.31. The minimum absolute atomic E-state index is 0.193.